The van der Waals surface area contributed by atoms with Gasteiger partial charge in [0.25, 0.3) is 5.91 Å². The molecular weight excluding hydrogens is 499 g/mol. The average molecular weight is 511 g/mol. The van der Waals surface area contributed by atoms with Crippen LogP contribution < -0.4 is 5.43 Å². The number of carbonyl (C=O) groups excluding carboxylic acids is 1. The SMILES string of the molecule is O=C(NN=Cc1cc(Br)cc(I)c1O)c1cc2ccccc2cc1O. The van der Waals surface area contributed by atoms with E-state index in [4.69, 9.17) is 0 Å². The molecule has 126 valence electrons. The summed E-state index contributed by atoms with van der Waals surface area (Å²) >= 11 is 5.34. The van der Waals surface area contributed by atoms with Crippen molar-refractivity contribution in [2.24, 2.45) is 5.10 Å². The summed E-state index contributed by atoms with van der Waals surface area (Å²) in [7, 11) is 0. The summed E-state index contributed by atoms with van der Waals surface area (Å²) in [4.78, 5) is 12.3. The Labute approximate surface area is 165 Å². The van der Waals surface area contributed by atoms with Crippen molar-refractivity contribution in [3.63, 3.8) is 0 Å². The largest absolute Gasteiger partial charge is 0.507 e. The summed E-state index contributed by atoms with van der Waals surface area (Å²) in [5.74, 6) is -0.578. The molecule has 0 fully saturated rings. The first kappa shape index (κ1) is 17.7. The van der Waals surface area contributed by atoms with E-state index in [9.17, 15) is 15.0 Å². The maximum Gasteiger partial charge on any atom is 0.275 e. The average Bonchev–Trinajstić information content (AvgIpc) is 2.58. The van der Waals surface area contributed by atoms with E-state index in [1.807, 2.05) is 46.9 Å². The predicted octanol–water partition coefficient (Wildman–Crippen LogP) is 4.38. The van der Waals surface area contributed by atoms with Gasteiger partial charge < -0.3 is 10.2 Å². The number of amides is 1. The Bertz CT molecular complexity index is 1010. The number of halogens is 2. The maximum absolute atomic E-state index is 12.3. The standard InChI is InChI=1S/C18H12BrIN2O3/c19-13-5-12(17(24)15(20)8-13)9-21-22-18(25)14-6-10-3-1-2-4-11(10)7-16(14)23/h1-9,23-24H,(H,22,25). The lowest BCUT2D eigenvalue weighted by atomic mass is 10.1. The van der Waals surface area contributed by atoms with Crippen molar-refractivity contribution in [2.45, 2.75) is 0 Å². The fourth-order valence-corrected chi connectivity index (χ4v) is 3.87. The van der Waals surface area contributed by atoms with Crippen LogP contribution in [0.5, 0.6) is 11.5 Å². The zero-order chi connectivity index (χ0) is 18.0. The lowest BCUT2D eigenvalue weighted by Gasteiger charge is -2.06. The van der Waals surface area contributed by atoms with Crippen molar-refractivity contribution < 1.29 is 15.0 Å². The van der Waals surface area contributed by atoms with Crippen molar-refractivity contribution >= 4 is 61.4 Å². The van der Waals surface area contributed by atoms with Crippen LogP contribution in [0.2, 0.25) is 0 Å². The van der Waals surface area contributed by atoms with Crippen LogP contribution in [0, 0.1) is 3.57 Å². The number of phenolic OH excluding ortho intramolecular Hbond substituents is 2. The number of hydrogen-bond acceptors (Lipinski definition) is 4. The van der Waals surface area contributed by atoms with E-state index in [-0.39, 0.29) is 17.1 Å². The molecule has 0 atom stereocenters. The number of fused-ring (bicyclic) bond motifs is 1. The molecule has 0 unspecified atom stereocenters. The van der Waals surface area contributed by atoms with Crippen LogP contribution in [-0.2, 0) is 0 Å². The van der Waals surface area contributed by atoms with E-state index in [1.165, 1.54) is 12.3 Å². The highest BCUT2D eigenvalue weighted by molar-refractivity contribution is 14.1. The minimum Gasteiger partial charge on any atom is -0.507 e. The Morgan fingerprint density at radius 1 is 1.12 bits per heavy atom. The molecule has 1 amide bonds. The summed E-state index contributed by atoms with van der Waals surface area (Å²) in [5, 5.41) is 25.6. The van der Waals surface area contributed by atoms with Crippen LogP contribution in [0.15, 0.2) is 58.1 Å². The third-order valence-corrected chi connectivity index (χ3v) is 4.82. The molecule has 0 radical (unpaired) electrons. The molecule has 3 aromatic rings. The van der Waals surface area contributed by atoms with Gasteiger partial charge in [0.15, 0.2) is 0 Å². The van der Waals surface area contributed by atoms with Gasteiger partial charge in [-0.3, -0.25) is 4.79 Å². The number of aromatic hydroxyl groups is 2. The van der Waals surface area contributed by atoms with Crippen LogP contribution in [0.1, 0.15) is 15.9 Å². The Hall–Kier alpha value is -2.13. The normalized spacial score (nSPS) is 11.1. The number of nitrogens with zero attached hydrogens (tertiary/aromatic N) is 1. The van der Waals surface area contributed by atoms with Crippen LogP contribution in [0.3, 0.4) is 0 Å². The second-order valence-corrected chi connectivity index (χ2v) is 7.32. The van der Waals surface area contributed by atoms with Crippen molar-refractivity contribution in [3.8, 4) is 11.5 Å². The molecule has 0 aliphatic heterocycles. The van der Waals surface area contributed by atoms with E-state index in [0.717, 1.165) is 15.2 Å². The third kappa shape index (κ3) is 3.93. The number of hydrazone groups is 1. The molecule has 0 heterocycles. The topological polar surface area (TPSA) is 81.9 Å². The van der Waals surface area contributed by atoms with Crippen LogP contribution in [-0.4, -0.2) is 22.3 Å². The number of nitrogens with one attached hydrogen (secondary N) is 1. The fraction of sp³-hybridized carbons (Fsp3) is 0. The Balaban J connectivity index is 1.82. The molecule has 3 aromatic carbocycles. The van der Waals surface area contributed by atoms with Gasteiger partial charge in [0.05, 0.1) is 15.3 Å². The molecular formula is C18H12BrIN2O3. The molecule has 0 spiro atoms. The summed E-state index contributed by atoms with van der Waals surface area (Å²) in [6.45, 7) is 0. The number of hydrogen-bond donors (Lipinski definition) is 3. The molecule has 0 aromatic heterocycles. The van der Waals surface area contributed by atoms with Crippen molar-refractivity contribution in [2.75, 3.05) is 0 Å². The summed E-state index contributed by atoms with van der Waals surface area (Å²) in [6.07, 6.45) is 1.35. The van der Waals surface area contributed by atoms with Gasteiger partial charge in [-0.2, -0.15) is 5.10 Å². The van der Waals surface area contributed by atoms with Gasteiger partial charge in [-0.15, -0.1) is 0 Å². The van der Waals surface area contributed by atoms with Gasteiger partial charge in [0.1, 0.15) is 11.5 Å². The highest BCUT2D eigenvalue weighted by atomic mass is 127. The number of benzene rings is 3. The molecule has 0 saturated heterocycles. The number of carbonyl (C=O) groups is 1. The summed E-state index contributed by atoms with van der Waals surface area (Å²) < 4.78 is 1.45. The van der Waals surface area contributed by atoms with Gasteiger partial charge in [-0.05, 0) is 57.6 Å². The highest BCUT2D eigenvalue weighted by Gasteiger charge is 2.12. The smallest absolute Gasteiger partial charge is 0.275 e. The summed E-state index contributed by atoms with van der Waals surface area (Å²) in [5.41, 5.74) is 2.95. The monoisotopic (exact) mass is 510 g/mol. The minimum absolute atomic E-state index is 0.0790. The molecule has 0 aliphatic carbocycles. The van der Waals surface area contributed by atoms with Crippen molar-refractivity contribution in [1.29, 1.82) is 0 Å². The molecule has 0 aliphatic rings. The maximum atomic E-state index is 12.3. The van der Waals surface area contributed by atoms with Gasteiger partial charge in [-0.1, -0.05) is 40.2 Å². The van der Waals surface area contributed by atoms with E-state index < -0.39 is 5.91 Å². The predicted molar refractivity (Wildman–Crippen MR) is 109 cm³/mol. The second-order valence-electron chi connectivity index (χ2n) is 5.24. The zero-order valence-electron chi connectivity index (χ0n) is 12.7. The van der Waals surface area contributed by atoms with Crippen LogP contribution in [0.25, 0.3) is 10.8 Å². The zero-order valence-corrected chi connectivity index (χ0v) is 16.4. The summed E-state index contributed by atoms with van der Waals surface area (Å²) in [6, 6.07) is 14.0. The van der Waals surface area contributed by atoms with Gasteiger partial charge in [0, 0.05) is 10.0 Å². The molecule has 3 N–H and O–H groups in total. The quantitative estimate of drug-likeness (QED) is 0.278. The van der Waals surface area contributed by atoms with Crippen LogP contribution >= 0.6 is 38.5 Å². The van der Waals surface area contributed by atoms with Crippen LogP contribution in [0.4, 0.5) is 0 Å². The molecule has 3 rings (SSSR count). The van der Waals surface area contributed by atoms with Gasteiger partial charge in [-0.25, -0.2) is 5.43 Å². The first-order valence-electron chi connectivity index (χ1n) is 7.19. The van der Waals surface area contributed by atoms with Crippen molar-refractivity contribution in [3.05, 3.63) is 67.7 Å². The fourth-order valence-electron chi connectivity index (χ4n) is 2.32. The second kappa shape index (κ2) is 7.40. The third-order valence-electron chi connectivity index (χ3n) is 3.54. The Kier molecular flexibility index (Phi) is 5.24. The Morgan fingerprint density at radius 2 is 1.80 bits per heavy atom. The first-order valence-corrected chi connectivity index (χ1v) is 9.06. The van der Waals surface area contributed by atoms with E-state index in [0.29, 0.717) is 9.13 Å². The molecule has 0 saturated carbocycles. The minimum atomic E-state index is -0.538. The van der Waals surface area contributed by atoms with E-state index in [1.54, 1.807) is 18.2 Å². The van der Waals surface area contributed by atoms with Crippen molar-refractivity contribution in [1.82, 2.24) is 5.43 Å². The lowest BCUT2D eigenvalue weighted by molar-refractivity contribution is 0.0952. The molecule has 7 heteroatoms. The highest BCUT2D eigenvalue weighted by Crippen LogP contribution is 2.27. The van der Waals surface area contributed by atoms with Gasteiger partial charge in [0.2, 0.25) is 0 Å². The Morgan fingerprint density at radius 3 is 2.52 bits per heavy atom. The molecule has 0 bridgehead atoms. The molecule has 5 nitrogen and oxygen atoms in total. The van der Waals surface area contributed by atoms with E-state index >= 15 is 0 Å². The molecule has 25 heavy (non-hydrogen) atoms. The number of phenols is 2. The number of rotatable bonds is 3. The first-order chi connectivity index (χ1) is 12.0. The van der Waals surface area contributed by atoms with E-state index in [2.05, 4.69) is 26.5 Å². The van der Waals surface area contributed by atoms with Gasteiger partial charge >= 0.3 is 0 Å². The lowest BCUT2D eigenvalue weighted by Crippen LogP contribution is -2.17.